The molecule has 1 N–H and O–H groups in total. The molecule has 0 radical (unpaired) electrons. The number of pyridine rings is 2. The van der Waals surface area contributed by atoms with E-state index in [-0.39, 0.29) is 0 Å². The van der Waals surface area contributed by atoms with E-state index in [2.05, 4.69) is 32.4 Å². The van der Waals surface area contributed by atoms with Crippen LogP contribution in [0.15, 0.2) is 71.4 Å². The van der Waals surface area contributed by atoms with Gasteiger partial charge in [-0.15, -0.1) is 0 Å². The van der Waals surface area contributed by atoms with Gasteiger partial charge in [-0.3, -0.25) is 0 Å². The lowest BCUT2D eigenvalue weighted by Crippen LogP contribution is -1.96. The number of rotatable bonds is 7. The van der Waals surface area contributed by atoms with Crippen LogP contribution in [-0.4, -0.2) is 22.1 Å². The Morgan fingerprint density at radius 2 is 1.83 bits per heavy atom. The number of aryl methyl sites for hydroxylation is 3. The molecule has 0 amide bonds. The topological polar surface area (TPSA) is 73.1 Å². The highest BCUT2D eigenvalue weighted by atomic mass is 16.5. The number of nitrogens with zero attached hydrogens (tertiary/aromatic N) is 3. The number of hydrogen-bond donors (Lipinski definition) is 1. The van der Waals surface area contributed by atoms with E-state index in [0.29, 0.717) is 17.5 Å². The Kier molecular flexibility index (Phi) is 5.52. The van der Waals surface area contributed by atoms with Crippen LogP contribution in [0.5, 0.6) is 5.75 Å². The third kappa shape index (κ3) is 4.79. The van der Waals surface area contributed by atoms with E-state index in [9.17, 15) is 0 Å². The summed E-state index contributed by atoms with van der Waals surface area (Å²) in [5, 5.41) is 3.22. The second-order valence-electron chi connectivity index (χ2n) is 6.72. The lowest BCUT2D eigenvalue weighted by Gasteiger charge is -2.06. The standard InChI is InChI=1S/C23H22N4O2/c1-16-12-13-24-22(14-16)27-21-5-3-4-19(26-21)20-15-25-23(29-20)11-8-17-6-9-18(28-2)10-7-17/h3-7,9-10,12-15H,8,11H2,1-2H3,(H,24,26,27). The molecule has 146 valence electrons. The summed E-state index contributed by atoms with van der Waals surface area (Å²) >= 11 is 0. The number of aromatic nitrogens is 3. The zero-order chi connectivity index (χ0) is 20.1. The molecule has 0 fully saturated rings. The predicted molar refractivity (Wildman–Crippen MR) is 112 cm³/mol. The van der Waals surface area contributed by atoms with Gasteiger partial charge in [-0.2, -0.15) is 0 Å². The maximum Gasteiger partial charge on any atom is 0.195 e. The molecule has 0 atom stereocenters. The monoisotopic (exact) mass is 386 g/mol. The average Bonchev–Trinajstić information content (AvgIpc) is 3.22. The SMILES string of the molecule is COc1ccc(CCc2ncc(-c3cccc(Nc4cc(C)ccn4)n3)o2)cc1. The number of benzene rings is 1. The lowest BCUT2D eigenvalue weighted by molar-refractivity contribution is 0.414. The highest BCUT2D eigenvalue weighted by Crippen LogP contribution is 2.22. The van der Waals surface area contributed by atoms with E-state index in [1.165, 1.54) is 5.56 Å². The van der Waals surface area contributed by atoms with Crippen molar-refractivity contribution in [1.29, 1.82) is 0 Å². The molecule has 0 aliphatic rings. The molecule has 1 aromatic carbocycles. The first kappa shape index (κ1) is 18.7. The Balaban J connectivity index is 1.43. The van der Waals surface area contributed by atoms with Gasteiger partial charge in [0.15, 0.2) is 11.7 Å². The summed E-state index contributed by atoms with van der Waals surface area (Å²) in [5.41, 5.74) is 3.07. The number of anilines is 2. The van der Waals surface area contributed by atoms with Crippen LogP contribution in [-0.2, 0) is 12.8 Å². The van der Waals surface area contributed by atoms with Gasteiger partial charge in [-0.1, -0.05) is 18.2 Å². The Labute approximate surface area is 169 Å². The van der Waals surface area contributed by atoms with Crippen LogP contribution in [0, 0.1) is 6.92 Å². The van der Waals surface area contributed by atoms with Crippen molar-refractivity contribution < 1.29 is 9.15 Å². The minimum atomic E-state index is 0.649. The minimum Gasteiger partial charge on any atom is -0.497 e. The second-order valence-corrected chi connectivity index (χ2v) is 6.72. The summed E-state index contributed by atoms with van der Waals surface area (Å²) in [7, 11) is 1.67. The first-order valence-electron chi connectivity index (χ1n) is 9.44. The molecule has 3 heterocycles. The van der Waals surface area contributed by atoms with Gasteiger partial charge in [0, 0.05) is 12.6 Å². The normalized spacial score (nSPS) is 10.7. The fourth-order valence-corrected chi connectivity index (χ4v) is 2.97. The van der Waals surface area contributed by atoms with Crippen molar-refractivity contribution >= 4 is 11.6 Å². The van der Waals surface area contributed by atoms with Crippen molar-refractivity contribution in [2.45, 2.75) is 19.8 Å². The van der Waals surface area contributed by atoms with E-state index in [4.69, 9.17) is 9.15 Å². The fourth-order valence-electron chi connectivity index (χ4n) is 2.97. The Bertz CT molecular complexity index is 1090. The molecule has 6 heteroatoms. The molecule has 0 aliphatic carbocycles. The number of methoxy groups -OCH3 is 1. The summed E-state index contributed by atoms with van der Waals surface area (Å²) in [6.07, 6.45) is 5.06. The van der Waals surface area contributed by atoms with Crippen LogP contribution in [0.3, 0.4) is 0 Å². The quantitative estimate of drug-likeness (QED) is 0.483. The van der Waals surface area contributed by atoms with E-state index >= 15 is 0 Å². The Morgan fingerprint density at radius 1 is 0.966 bits per heavy atom. The molecule has 6 nitrogen and oxygen atoms in total. The molecule has 29 heavy (non-hydrogen) atoms. The van der Waals surface area contributed by atoms with Gasteiger partial charge < -0.3 is 14.5 Å². The summed E-state index contributed by atoms with van der Waals surface area (Å²) in [5.74, 6) is 3.66. The van der Waals surface area contributed by atoms with Crippen LogP contribution in [0.4, 0.5) is 11.6 Å². The van der Waals surface area contributed by atoms with Gasteiger partial charge in [0.25, 0.3) is 0 Å². The van der Waals surface area contributed by atoms with Crippen LogP contribution >= 0.6 is 0 Å². The molecular weight excluding hydrogens is 364 g/mol. The van der Waals surface area contributed by atoms with E-state index in [0.717, 1.165) is 35.7 Å². The molecule has 0 bridgehead atoms. The van der Waals surface area contributed by atoms with E-state index < -0.39 is 0 Å². The van der Waals surface area contributed by atoms with Crippen molar-refractivity contribution in [3.63, 3.8) is 0 Å². The zero-order valence-corrected chi connectivity index (χ0v) is 16.4. The average molecular weight is 386 g/mol. The van der Waals surface area contributed by atoms with E-state index in [1.807, 2.05) is 49.4 Å². The second kappa shape index (κ2) is 8.56. The van der Waals surface area contributed by atoms with Crippen molar-refractivity contribution in [3.05, 3.63) is 84.0 Å². The molecule has 4 aromatic rings. The number of oxazole rings is 1. The zero-order valence-electron chi connectivity index (χ0n) is 16.4. The summed E-state index contributed by atoms with van der Waals surface area (Å²) < 4.78 is 11.1. The summed E-state index contributed by atoms with van der Waals surface area (Å²) in [6.45, 7) is 2.03. The molecule has 0 unspecified atom stereocenters. The van der Waals surface area contributed by atoms with Gasteiger partial charge >= 0.3 is 0 Å². The Morgan fingerprint density at radius 3 is 2.62 bits per heavy atom. The van der Waals surface area contributed by atoms with Crippen molar-refractivity contribution in [1.82, 2.24) is 15.0 Å². The van der Waals surface area contributed by atoms with Gasteiger partial charge in [0.2, 0.25) is 0 Å². The lowest BCUT2D eigenvalue weighted by atomic mass is 10.1. The maximum absolute atomic E-state index is 5.92. The van der Waals surface area contributed by atoms with Crippen LogP contribution in [0.1, 0.15) is 17.0 Å². The number of hydrogen-bond acceptors (Lipinski definition) is 6. The van der Waals surface area contributed by atoms with E-state index in [1.54, 1.807) is 19.5 Å². The molecule has 0 saturated heterocycles. The van der Waals surface area contributed by atoms with Crippen molar-refractivity contribution in [2.24, 2.45) is 0 Å². The third-order valence-electron chi connectivity index (χ3n) is 4.51. The first-order chi connectivity index (χ1) is 14.2. The highest BCUT2D eigenvalue weighted by molar-refractivity contribution is 5.58. The molecular formula is C23H22N4O2. The number of nitrogens with one attached hydrogen (secondary N) is 1. The predicted octanol–water partition coefficient (Wildman–Crippen LogP) is 4.98. The van der Waals surface area contributed by atoms with Gasteiger partial charge in [0.1, 0.15) is 23.1 Å². The molecule has 0 saturated carbocycles. The molecule has 0 spiro atoms. The molecule has 3 aromatic heterocycles. The van der Waals surface area contributed by atoms with Gasteiger partial charge in [0.05, 0.1) is 13.3 Å². The molecule has 0 aliphatic heterocycles. The smallest absolute Gasteiger partial charge is 0.195 e. The van der Waals surface area contributed by atoms with Crippen molar-refractivity contribution in [3.8, 4) is 17.2 Å². The van der Waals surface area contributed by atoms with Crippen LogP contribution < -0.4 is 10.1 Å². The fraction of sp³-hybridized carbons (Fsp3) is 0.174. The summed E-state index contributed by atoms with van der Waals surface area (Å²) in [6, 6.07) is 17.7. The molecule has 4 rings (SSSR count). The third-order valence-corrected chi connectivity index (χ3v) is 4.51. The first-order valence-corrected chi connectivity index (χ1v) is 9.44. The highest BCUT2D eigenvalue weighted by Gasteiger charge is 2.09. The maximum atomic E-state index is 5.92. The minimum absolute atomic E-state index is 0.649. The van der Waals surface area contributed by atoms with Crippen LogP contribution in [0.2, 0.25) is 0 Å². The summed E-state index contributed by atoms with van der Waals surface area (Å²) in [4.78, 5) is 13.3. The number of ether oxygens (including phenoxy) is 1. The Hall–Kier alpha value is -3.67. The largest absolute Gasteiger partial charge is 0.497 e. The van der Waals surface area contributed by atoms with Crippen molar-refractivity contribution in [2.75, 3.05) is 12.4 Å². The van der Waals surface area contributed by atoms with Crippen LogP contribution in [0.25, 0.3) is 11.5 Å². The van der Waals surface area contributed by atoms with Gasteiger partial charge in [-0.05, 0) is 60.9 Å². The van der Waals surface area contributed by atoms with Gasteiger partial charge in [-0.25, -0.2) is 15.0 Å².